The Kier molecular flexibility index (Phi) is 5.71. The van der Waals surface area contributed by atoms with Gasteiger partial charge in [-0.15, -0.1) is 0 Å². The monoisotopic (exact) mass is 430 g/mol. The van der Waals surface area contributed by atoms with Gasteiger partial charge >= 0.3 is 0 Å². The lowest BCUT2D eigenvalue weighted by Gasteiger charge is -2.31. The first-order valence-corrected chi connectivity index (χ1v) is 11.6. The van der Waals surface area contributed by atoms with Gasteiger partial charge in [-0.2, -0.15) is 4.31 Å². The van der Waals surface area contributed by atoms with Crippen LogP contribution in [-0.4, -0.2) is 43.9 Å². The van der Waals surface area contributed by atoms with Gasteiger partial charge in [0.15, 0.2) is 11.5 Å². The number of rotatable bonds is 4. The van der Waals surface area contributed by atoms with E-state index in [1.54, 1.807) is 38.1 Å². The van der Waals surface area contributed by atoms with Crippen LogP contribution in [0.25, 0.3) is 0 Å². The third kappa shape index (κ3) is 4.02. The quantitative estimate of drug-likeness (QED) is 0.804. The Morgan fingerprint density at radius 2 is 1.70 bits per heavy atom. The largest absolute Gasteiger partial charge is 0.482 e. The van der Waals surface area contributed by atoms with Gasteiger partial charge in [-0.25, -0.2) is 8.42 Å². The number of ether oxygens (including phenoxy) is 2. The molecule has 7 nitrogen and oxygen atoms in total. The minimum atomic E-state index is -3.60. The van der Waals surface area contributed by atoms with E-state index in [0.29, 0.717) is 35.8 Å². The normalized spacial score (nSPS) is 21.8. The second-order valence-corrected chi connectivity index (χ2v) is 9.65. The maximum atomic E-state index is 13.1. The number of sulfonamides is 1. The van der Waals surface area contributed by atoms with E-state index >= 15 is 0 Å². The van der Waals surface area contributed by atoms with Crippen LogP contribution in [0.3, 0.4) is 0 Å². The van der Waals surface area contributed by atoms with Crippen molar-refractivity contribution < 1.29 is 22.7 Å². The molecule has 2 aliphatic rings. The van der Waals surface area contributed by atoms with Crippen molar-refractivity contribution in [1.29, 1.82) is 0 Å². The van der Waals surface area contributed by atoms with Crippen LogP contribution >= 0.6 is 0 Å². The molecule has 2 aromatic carbocycles. The number of nitrogens with one attached hydrogen (secondary N) is 1. The van der Waals surface area contributed by atoms with E-state index in [4.69, 9.17) is 9.47 Å². The predicted octanol–water partition coefficient (Wildman–Crippen LogP) is 3.34. The first-order chi connectivity index (χ1) is 14.4. The summed E-state index contributed by atoms with van der Waals surface area (Å²) in [4.78, 5) is 13.1. The van der Waals surface area contributed by atoms with Crippen molar-refractivity contribution in [2.75, 3.05) is 18.4 Å². The molecule has 160 valence electrons. The van der Waals surface area contributed by atoms with Crippen LogP contribution in [0.15, 0.2) is 47.4 Å². The second kappa shape index (κ2) is 8.28. The molecule has 0 saturated carbocycles. The summed E-state index contributed by atoms with van der Waals surface area (Å²) in [7, 11) is -3.60. The topological polar surface area (TPSA) is 84.9 Å². The molecule has 2 atom stereocenters. The van der Waals surface area contributed by atoms with Crippen molar-refractivity contribution in [2.24, 2.45) is 0 Å². The Hall–Kier alpha value is -2.58. The highest BCUT2D eigenvalue weighted by atomic mass is 32.2. The average molecular weight is 431 g/mol. The summed E-state index contributed by atoms with van der Waals surface area (Å²) >= 11 is 0. The summed E-state index contributed by atoms with van der Waals surface area (Å²) in [5.41, 5.74) is 1.06. The number of carbonyl (C=O) groups excluding carboxylic acids is 1. The minimum absolute atomic E-state index is 0.224. The Labute approximate surface area is 177 Å². The van der Waals surface area contributed by atoms with E-state index in [-0.39, 0.29) is 10.8 Å². The Morgan fingerprint density at radius 1 is 1.03 bits per heavy atom. The molecule has 0 spiro atoms. The SMILES string of the molecule is Cc1ccc(NC(=O)[C@H]2Oc3ccccc3O[C@@H]2C)cc1S(=O)(=O)N1CCCCC1. The zero-order chi connectivity index (χ0) is 21.3. The zero-order valence-electron chi connectivity index (χ0n) is 17.1. The third-order valence-corrected chi connectivity index (χ3v) is 7.53. The van der Waals surface area contributed by atoms with Gasteiger partial charge < -0.3 is 14.8 Å². The lowest BCUT2D eigenvalue weighted by molar-refractivity contribution is -0.128. The first-order valence-electron chi connectivity index (χ1n) is 10.2. The van der Waals surface area contributed by atoms with Gasteiger partial charge in [-0.3, -0.25) is 4.79 Å². The van der Waals surface area contributed by atoms with Crippen LogP contribution in [0.4, 0.5) is 5.69 Å². The van der Waals surface area contributed by atoms with Gasteiger partial charge in [0.2, 0.25) is 16.1 Å². The summed E-state index contributed by atoms with van der Waals surface area (Å²) < 4.78 is 39.4. The van der Waals surface area contributed by atoms with Crippen LogP contribution < -0.4 is 14.8 Å². The number of fused-ring (bicyclic) bond motifs is 1. The molecular weight excluding hydrogens is 404 g/mol. The van der Waals surface area contributed by atoms with E-state index in [1.807, 2.05) is 12.1 Å². The smallest absolute Gasteiger partial charge is 0.269 e. The molecule has 8 heteroatoms. The molecule has 0 aromatic heterocycles. The average Bonchev–Trinajstić information content (AvgIpc) is 2.75. The highest BCUT2D eigenvalue weighted by molar-refractivity contribution is 7.89. The van der Waals surface area contributed by atoms with Gasteiger partial charge in [-0.1, -0.05) is 24.6 Å². The molecule has 30 heavy (non-hydrogen) atoms. The van der Waals surface area contributed by atoms with Crippen LogP contribution in [0.2, 0.25) is 0 Å². The van der Waals surface area contributed by atoms with E-state index in [9.17, 15) is 13.2 Å². The third-order valence-electron chi connectivity index (χ3n) is 5.49. The number of aryl methyl sites for hydroxylation is 1. The van der Waals surface area contributed by atoms with Crippen molar-refractivity contribution >= 4 is 21.6 Å². The van der Waals surface area contributed by atoms with Crippen molar-refractivity contribution in [3.05, 3.63) is 48.0 Å². The van der Waals surface area contributed by atoms with Crippen LogP contribution in [0.5, 0.6) is 11.5 Å². The van der Waals surface area contributed by atoms with E-state index in [1.165, 1.54) is 10.4 Å². The molecule has 4 rings (SSSR count). The predicted molar refractivity (Wildman–Crippen MR) is 113 cm³/mol. The standard InChI is InChI=1S/C22H26N2O5S/c1-15-10-11-17(14-20(15)30(26,27)24-12-6-3-7-13-24)23-22(25)21-16(2)28-18-8-4-5-9-19(18)29-21/h4-5,8-11,14,16,21H,3,6-7,12-13H2,1-2H3,(H,23,25)/t16-,21+/m1/s1. The van der Waals surface area contributed by atoms with Crippen LogP contribution in [0, 0.1) is 6.92 Å². The lowest BCUT2D eigenvalue weighted by Crippen LogP contribution is -2.46. The molecule has 1 N–H and O–H groups in total. The first kappa shape index (κ1) is 20.7. The van der Waals surface area contributed by atoms with Gasteiger partial charge in [0.05, 0.1) is 4.90 Å². The molecule has 2 heterocycles. The fourth-order valence-corrected chi connectivity index (χ4v) is 5.59. The number of hydrogen-bond donors (Lipinski definition) is 1. The molecular formula is C22H26N2O5S. The number of nitrogens with zero attached hydrogens (tertiary/aromatic N) is 1. The van der Waals surface area contributed by atoms with Crippen molar-refractivity contribution in [1.82, 2.24) is 4.31 Å². The molecule has 1 saturated heterocycles. The molecule has 0 radical (unpaired) electrons. The van der Waals surface area contributed by atoms with Crippen LogP contribution in [-0.2, 0) is 14.8 Å². The van der Waals surface area contributed by atoms with Gasteiger partial charge in [0.25, 0.3) is 5.91 Å². The van der Waals surface area contributed by atoms with Crippen molar-refractivity contribution in [2.45, 2.75) is 50.2 Å². The summed E-state index contributed by atoms with van der Waals surface area (Å²) in [5, 5.41) is 2.79. The molecule has 0 unspecified atom stereocenters. The van der Waals surface area contributed by atoms with Crippen LogP contribution in [0.1, 0.15) is 31.7 Å². The fourth-order valence-electron chi connectivity index (χ4n) is 3.82. The lowest BCUT2D eigenvalue weighted by atomic mass is 10.1. The Bertz CT molecular complexity index is 1050. The number of anilines is 1. The maximum absolute atomic E-state index is 13.1. The molecule has 2 aliphatic heterocycles. The number of hydrogen-bond acceptors (Lipinski definition) is 5. The molecule has 1 fully saturated rings. The summed E-state index contributed by atoms with van der Waals surface area (Å²) in [6.07, 6.45) is 1.46. The molecule has 1 amide bonds. The second-order valence-electron chi connectivity index (χ2n) is 7.74. The van der Waals surface area contributed by atoms with E-state index < -0.39 is 22.2 Å². The van der Waals surface area contributed by atoms with Gasteiger partial charge in [-0.05, 0) is 56.5 Å². The number of benzene rings is 2. The zero-order valence-corrected chi connectivity index (χ0v) is 17.9. The number of para-hydroxylation sites is 2. The Balaban J connectivity index is 1.54. The van der Waals surface area contributed by atoms with Crippen molar-refractivity contribution in [3.8, 4) is 11.5 Å². The van der Waals surface area contributed by atoms with E-state index in [0.717, 1.165) is 19.3 Å². The molecule has 0 aliphatic carbocycles. The molecule has 0 bridgehead atoms. The molecule has 2 aromatic rings. The summed E-state index contributed by atoms with van der Waals surface area (Å²) in [5.74, 6) is 0.717. The summed E-state index contributed by atoms with van der Waals surface area (Å²) in [6, 6.07) is 12.1. The minimum Gasteiger partial charge on any atom is -0.482 e. The summed E-state index contributed by atoms with van der Waals surface area (Å²) in [6.45, 7) is 4.59. The van der Waals surface area contributed by atoms with Gasteiger partial charge in [0.1, 0.15) is 6.10 Å². The highest BCUT2D eigenvalue weighted by Gasteiger charge is 2.34. The maximum Gasteiger partial charge on any atom is 0.269 e. The highest BCUT2D eigenvalue weighted by Crippen LogP contribution is 2.34. The fraction of sp³-hybridized carbons (Fsp3) is 0.409. The van der Waals surface area contributed by atoms with Gasteiger partial charge in [0, 0.05) is 18.8 Å². The number of piperidine rings is 1. The number of carbonyl (C=O) groups is 1. The van der Waals surface area contributed by atoms with Crippen molar-refractivity contribution in [3.63, 3.8) is 0 Å². The number of amides is 1. The Morgan fingerprint density at radius 3 is 2.40 bits per heavy atom. The van der Waals surface area contributed by atoms with E-state index in [2.05, 4.69) is 5.32 Å².